The molecule has 2 heterocycles. The molecule has 0 aliphatic heterocycles. The van der Waals surface area contributed by atoms with Gasteiger partial charge in [0.2, 0.25) is 0 Å². The fourth-order valence-corrected chi connectivity index (χ4v) is 3.92. The minimum atomic E-state index is -2.20. The number of aliphatic carboxylic acids is 1. The first-order valence-corrected chi connectivity index (χ1v) is 12.6. The summed E-state index contributed by atoms with van der Waals surface area (Å²) in [6.45, 7) is -1.80. The van der Waals surface area contributed by atoms with Crippen LogP contribution in [0.2, 0.25) is 0 Å². The molecule has 2 N–H and O–H groups in total. The van der Waals surface area contributed by atoms with Gasteiger partial charge in [-0.3, -0.25) is 19.7 Å². The first kappa shape index (κ1) is 23.9. The molecule has 1 amide bonds. The summed E-state index contributed by atoms with van der Waals surface area (Å²) in [5.74, 6) is -0.939. The largest absolute Gasteiger partial charge is 0.493 e. The molecule has 4 aromatic rings. The summed E-state index contributed by atoms with van der Waals surface area (Å²) in [6, 6.07) is 19.3. The number of nitrogens with one attached hydrogen (secondary N) is 1. The molecule has 0 unspecified atom stereocenters. The number of ether oxygens (including phenoxy) is 1. The molecule has 196 valence electrons. The lowest BCUT2D eigenvalue weighted by atomic mass is 10.1. The molecule has 8 nitrogen and oxygen atoms in total. The number of carboxylic acid groups (broad SMARTS) is 1. The van der Waals surface area contributed by atoms with Gasteiger partial charge in [-0.2, -0.15) is 5.10 Å². The van der Waals surface area contributed by atoms with Crippen molar-refractivity contribution in [2.45, 2.75) is 38.6 Å². The van der Waals surface area contributed by atoms with E-state index in [2.05, 4.69) is 15.2 Å². The highest BCUT2D eigenvalue weighted by atomic mass is 16.5. The van der Waals surface area contributed by atoms with E-state index in [1.165, 1.54) is 4.90 Å². The molecular formula is C30H32N4O4. The normalized spacial score (nSPS) is 11.9. The Bertz CT molecular complexity index is 1380. The molecule has 4 rings (SSSR count). The third-order valence-corrected chi connectivity index (χ3v) is 5.96. The highest BCUT2D eigenvalue weighted by Crippen LogP contribution is 2.23. The third-order valence-electron chi connectivity index (χ3n) is 5.96. The number of benzene rings is 2. The number of carbonyl (C=O) groups excluding carboxylic acids is 1. The van der Waals surface area contributed by atoms with E-state index in [9.17, 15) is 9.59 Å². The molecule has 0 radical (unpaired) electrons. The van der Waals surface area contributed by atoms with Crippen LogP contribution >= 0.6 is 0 Å². The number of para-hydroxylation sites is 1. The van der Waals surface area contributed by atoms with Crippen molar-refractivity contribution in [1.82, 2.24) is 20.1 Å². The summed E-state index contributed by atoms with van der Waals surface area (Å²) in [5.41, 5.74) is 3.11. The summed E-state index contributed by atoms with van der Waals surface area (Å²) in [6.07, 6.45) is 7.47. The lowest BCUT2D eigenvalue weighted by Crippen LogP contribution is -2.32. The smallest absolute Gasteiger partial charge is 0.303 e. The molecule has 0 saturated heterocycles. The van der Waals surface area contributed by atoms with Crippen LogP contribution in [0.1, 0.15) is 50.0 Å². The van der Waals surface area contributed by atoms with E-state index in [-0.39, 0.29) is 18.5 Å². The molecule has 38 heavy (non-hydrogen) atoms. The van der Waals surface area contributed by atoms with Crippen molar-refractivity contribution >= 4 is 11.9 Å². The fourth-order valence-electron chi connectivity index (χ4n) is 3.92. The SMILES string of the molecule is [2H]C([2H])(c1ccccc1OCCCCCC(=O)O)N(CCc1ccccn1)C(=O)c1ccc(-c2cn[nH]c2)cc1. The molecule has 0 aliphatic carbocycles. The van der Waals surface area contributed by atoms with E-state index in [0.29, 0.717) is 43.6 Å². The number of rotatable bonds is 14. The van der Waals surface area contributed by atoms with E-state index in [1.54, 1.807) is 55.0 Å². The molecule has 0 fully saturated rings. The standard InChI is InChI=1S/C30H32N4O4/c35-29(36)11-2-1-7-19-38-28-10-4-3-8-25(28)22-34(18-16-27-9-5-6-17-31-27)30(37)24-14-12-23(13-15-24)26-20-32-33-21-26/h3-6,8-10,12-15,17,20-21H,1-2,7,11,16,18-19,22H2,(H,32,33)(H,35,36)/i22D2. The van der Waals surface area contributed by atoms with Crippen LogP contribution in [0.3, 0.4) is 0 Å². The lowest BCUT2D eigenvalue weighted by Gasteiger charge is -2.24. The Morgan fingerprint density at radius 2 is 1.79 bits per heavy atom. The number of H-pyrrole nitrogens is 1. The Kier molecular flexibility index (Phi) is 8.64. The van der Waals surface area contributed by atoms with Crippen LogP contribution in [-0.2, 0) is 17.7 Å². The second kappa shape index (κ2) is 13.7. The molecule has 0 saturated carbocycles. The molecule has 2 aromatic carbocycles. The van der Waals surface area contributed by atoms with Crippen molar-refractivity contribution in [3.05, 3.63) is 102 Å². The molecule has 2 aromatic heterocycles. The third kappa shape index (κ3) is 7.77. The van der Waals surface area contributed by atoms with Crippen LogP contribution in [0, 0.1) is 0 Å². The predicted octanol–water partition coefficient (Wildman–Crippen LogP) is 5.38. The summed E-state index contributed by atoms with van der Waals surface area (Å²) < 4.78 is 24.2. The minimum absolute atomic E-state index is 0.0931. The molecule has 0 spiro atoms. The van der Waals surface area contributed by atoms with Gasteiger partial charge in [-0.1, -0.05) is 36.4 Å². The minimum Gasteiger partial charge on any atom is -0.493 e. The summed E-state index contributed by atoms with van der Waals surface area (Å²) in [7, 11) is 0. The molecule has 0 aliphatic rings. The van der Waals surface area contributed by atoms with Gasteiger partial charge in [-0.15, -0.1) is 0 Å². The number of aromatic nitrogens is 3. The fraction of sp³-hybridized carbons (Fsp3) is 0.267. The van der Waals surface area contributed by atoms with Gasteiger partial charge < -0.3 is 14.7 Å². The Hall–Kier alpha value is -4.46. The number of carbonyl (C=O) groups is 2. The average molecular weight is 515 g/mol. The number of aromatic amines is 1. The number of carboxylic acids is 1. The van der Waals surface area contributed by atoms with Crippen LogP contribution in [-0.4, -0.2) is 50.2 Å². The number of pyridine rings is 1. The van der Waals surface area contributed by atoms with Crippen molar-refractivity contribution in [2.24, 2.45) is 0 Å². The summed E-state index contributed by atoms with van der Waals surface area (Å²) in [4.78, 5) is 30.1. The molecular weight excluding hydrogens is 480 g/mol. The van der Waals surface area contributed by atoms with Crippen molar-refractivity contribution in [2.75, 3.05) is 13.2 Å². The number of nitrogens with zero attached hydrogens (tertiary/aromatic N) is 3. The predicted molar refractivity (Wildman–Crippen MR) is 145 cm³/mol. The molecule has 0 bridgehead atoms. The number of unbranched alkanes of at least 4 members (excludes halogenated alkanes) is 2. The van der Waals surface area contributed by atoms with E-state index >= 15 is 0 Å². The van der Waals surface area contributed by atoms with Gasteiger partial charge in [0.05, 0.1) is 15.5 Å². The van der Waals surface area contributed by atoms with Crippen molar-refractivity contribution in [3.8, 4) is 16.9 Å². The molecule has 8 heteroatoms. The Balaban J connectivity index is 1.57. The van der Waals surface area contributed by atoms with Crippen molar-refractivity contribution < 1.29 is 22.2 Å². The second-order valence-corrected chi connectivity index (χ2v) is 8.75. The van der Waals surface area contributed by atoms with Gasteiger partial charge in [0.1, 0.15) is 5.75 Å². The zero-order valence-corrected chi connectivity index (χ0v) is 21.0. The Morgan fingerprint density at radius 3 is 2.53 bits per heavy atom. The van der Waals surface area contributed by atoms with Gasteiger partial charge in [0, 0.05) is 60.7 Å². The maximum atomic E-state index is 13.8. The average Bonchev–Trinajstić information content (AvgIpc) is 3.51. The monoisotopic (exact) mass is 514 g/mol. The van der Waals surface area contributed by atoms with Crippen molar-refractivity contribution in [1.29, 1.82) is 0 Å². The van der Waals surface area contributed by atoms with Gasteiger partial charge in [-0.25, -0.2) is 0 Å². The maximum absolute atomic E-state index is 13.8. The van der Waals surface area contributed by atoms with Crippen LogP contribution in [0.15, 0.2) is 85.3 Å². The van der Waals surface area contributed by atoms with Gasteiger partial charge in [0.15, 0.2) is 0 Å². The van der Waals surface area contributed by atoms with E-state index in [4.69, 9.17) is 12.6 Å². The van der Waals surface area contributed by atoms with E-state index in [0.717, 1.165) is 16.8 Å². The summed E-state index contributed by atoms with van der Waals surface area (Å²) in [5, 5.41) is 15.5. The van der Waals surface area contributed by atoms with Gasteiger partial charge in [-0.05, 0) is 55.2 Å². The zero-order valence-electron chi connectivity index (χ0n) is 23.0. The van der Waals surface area contributed by atoms with Crippen LogP contribution in [0.5, 0.6) is 5.75 Å². The topological polar surface area (TPSA) is 108 Å². The highest BCUT2D eigenvalue weighted by Gasteiger charge is 2.19. The van der Waals surface area contributed by atoms with Crippen LogP contribution < -0.4 is 4.74 Å². The van der Waals surface area contributed by atoms with E-state index < -0.39 is 18.4 Å². The Labute approximate surface area is 225 Å². The first-order chi connectivity index (χ1) is 19.4. The van der Waals surface area contributed by atoms with Crippen LogP contribution in [0.4, 0.5) is 0 Å². The van der Waals surface area contributed by atoms with Crippen LogP contribution in [0.25, 0.3) is 11.1 Å². The second-order valence-electron chi connectivity index (χ2n) is 8.75. The Morgan fingerprint density at radius 1 is 0.974 bits per heavy atom. The number of hydrogen-bond donors (Lipinski definition) is 2. The quantitative estimate of drug-likeness (QED) is 0.219. The van der Waals surface area contributed by atoms with Gasteiger partial charge in [0.25, 0.3) is 5.91 Å². The van der Waals surface area contributed by atoms with Gasteiger partial charge >= 0.3 is 5.97 Å². The summed E-state index contributed by atoms with van der Waals surface area (Å²) >= 11 is 0. The van der Waals surface area contributed by atoms with Crippen molar-refractivity contribution in [3.63, 3.8) is 0 Å². The first-order valence-electron chi connectivity index (χ1n) is 13.6. The number of amides is 1. The molecule has 0 atom stereocenters. The zero-order chi connectivity index (χ0) is 28.4. The lowest BCUT2D eigenvalue weighted by molar-refractivity contribution is -0.137. The maximum Gasteiger partial charge on any atom is 0.303 e. The van der Waals surface area contributed by atoms with E-state index in [1.807, 2.05) is 30.3 Å². The number of hydrogen-bond acceptors (Lipinski definition) is 5. The highest BCUT2D eigenvalue weighted by molar-refractivity contribution is 5.94.